The van der Waals surface area contributed by atoms with Crippen LogP contribution in [0.25, 0.3) is 0 Å². The van der Waals surface area contributed by atoms with Gasteiger partial charge in [-0.2, -0.15) is 0 Å². The zero-order chi connectivity index (χ0) is 17.3. The Kier molecular flexibility index (Phi) is 4.54. The maximum atomic E-state index is 12.5. The first-order valence-electron chi connectivity index (χ1n) is 9.47. The smallest absolute Gasteiger partial charge is 0.270 e. The third-order valence-electron chi connectivity index (χ3n) is 6.14. The van der Waals surface area contributed by atoms with Crippen molar-refractivity contribution < 1.29 is 14.3 Å². The van der Waals surface area contributed by atoms with E-state index in [1.54, 1.807) is 6.20 Å². The molecule has 25 heavy (non-hydrogen) atoms. The van der Waals surface area contributed by atoms with Gasteiger partial charge in [0.2, 0.25) is 5.91 Å². The molecule has 1 aromatic heterocycles. The van der Waals surface area contributed by atoms with E-state index in [0.29, 0.717) is 12.1 Å². The highest BCUT2D eigenvalue weighted by Gasteiger charge is 2.42. The summed E-state index contributed by atoms with van der Waals surface area (Å²) >= 11 is 0. The Balaban J connectivity index is 1.36. The molecule has 0 saturated carbocycles. The number of aromatic nitrogens is 1. The number of nitrogens with one attached hydrogen (secondary N) is 1. The zero-order valence-corrected chi connectivity index (χ0v) is 14.7. The minimum Gasteiger partial charge on any atom is -0.376 e. The molecular weight excluding hydrogens is 318 g/mol. The van der Waals surface area contributed by atoms with Crippen LogP contribution in [0.4, 0.5) is 0 Å². The molecule has 3 aliphatic rings. The summed E-state index contributed by atoms with van der Waals surface area (Å²) in [5.41, 5.74) is 0.841. The second-order valence-electron chi connectivity index (χ2n) is 7.79. The van der Waals surface area contributed by atoms with Crippen LogP contribution in [0, 0.1) is 5.41 Å². The highest BCUT2D eigenvalue weighted by Crippen LogP contribution is 2.40. The first-order valence-corrected chi connectivity index (χ1v) is 9.47. The van der Waals surface area contributed by atoms with Gasteiger partial charge < -0.3 is 19.5 Å². The second kappa shape index (κ2) is 6.83. The van der Waals surface area contributed by atoms with E-state index in [4.69, 9.17) is 4.74 Å². The van der Waals surface area contributed by atoms with Crippen LogP contribution in [0.3, 0.4) is 0 Å². The maximum Gasteiger partial charge on any atom is 0.270 e. The van der Waals surface area contributed by atoms with Gasteiger partial charge in [0.15, 0.2) is 0 Å². The van der Waals surface area contributed by atoms with E-state index in [9.17, 15) is 9.59 Å². The molecule has 6 nitrogen and oxygen atoms in total. The van der Waals surface area contributed by atoms with E-state index >= 15 is 0 Å². The van der Waals surface area contributed by atoms with E-state index in [1.807, 2.05) is 21.9 Å². The number of amides is 2. The fraction of sp³-hybridized carbons (Fsp3) is 0.684. The summed E-state index contributed by atoms with van der Waals surface area (Å²) in [7, 11) is 0. The molecule has 1 aromatic rings. The monoisotopic (exact) mass is 345 g/mol. The molecule has 3 saturated heterocycles. The molecule has 1 unspecified atom stereocenters. The van der Waals surface area contributed by atoms with Crippen molar-refractivity contribution in [3.05, 3.63) is 24.0 Å². The molecule has 0 aliphatic carbocycles. The van der Waals surface area contributed by atoms with Crippen molar-refractivity contribution in [1.29, 1.82) is 0 Å². The summed E-state index contributed by atoms with van der Waals surface area (Å²) < 4.78 is 5.72. The summed E-state index contributed by atoms with van der Waals surface area (Å²) in [5, 5.41) is 0. The van der Waals surface area contributed by atoms with E-state index in [0.717, 1.165) is 64.9 Å². The number of piperidine rings is 2. The van der Waals surface area contributed by atoms with Crippen LogP contribution in [-0.2, 0) is 9.53 Å². The average Bonchev–Trinajstić information content (AvgIpc) is 3.32. The number of rotatable bonds is 3. The normalized spacial score (nSPS) is 26.4. The number of likely N-dealkylation sites (tertiary alicyclic amines) is 2. The summed E-state index contributed by atoms with van der Waals surface area (Å²) in [6, 6.07) is 3.68. The molecule has 3 aliphatic heterocycles. The van der Waals surface area contributed by atoms with E-state index in [2.05, 4.69) is 4.98 Å². The zero-order valence-electron chi connectivity index (χ0n) is 14.7. The largest absolute Gasteiger partial charge is 0.376 e. The molecule has 4 heterocycles. The number of carbonyl (C=O) groups excluding carboxylic acids is 2. The molecule has 0 bridgehead atoms. The van der Waals surface area contributed by atoms with Gasteiger partial charge in [0, 0.05) is 45.4 Å². The van der Waals surface area contributed by atoms with Crippen molar-refractivity contribution >= 4 is 11.8 Å². The lowest BCUT2D eigenvalue weighted by atomic mass is 9.72. The fourth-order valence-corrected chi connectivity index (χ4v) is 4.53. The molecule has 136 valence electrons. The van der Waals surface area contributed by atoms with E-state index in [-0.39, 0.29) is 23.3 Å². The molecule has 1 atom stereocenters. The highest BCUT2D eigenvalue weighted by molar-refractivity contribution is 5.92. The molecule has 3 fully saturated rings. The van der Waals surface area contributed by atoms with Gasteiger partial charge in [0.1, 0.15) is 5.69 Å². The van der Waals surface area contributed by atoms with E-state index < -0.39 is 0 Å². The number of carbonyl (C=O) groups is 2. The lowest BCUT2D eigenvalue weighted by molar-refractivity contribution is -0.141. The summed E-state index contributed by atoms with van der Waals surface area (Å²) in [6.45, 7) is 3.95. The number of aromatic amines is 1. The minimum absolute atomic E-state index is 0.0861. The predicted octanol–water partition coefficient (Wildman–Crippen LogP) is 2.04. The van der Waals surface area contributed by atoms with Gasteiger partial charge in [-0.15, -0.1) is 0 Å². The summed E-state index contributed by atoms with van der Waals surface area (Å²) in [5.74, 6) is 0.356. The van der Waals surface area contributed by atoms with Crippen LogP contribution in [-0.4, -0.2) is 65.5 Å². The van der Waals surface area contributed by atoms with Crippen LogP contribution in [0.1, 0.15) is 49.0 Å². The van der Waals surface area contributed by atoms with Crippen LogP contribution >= 0.6 is 0 Å². The van der Waals surface area contributed by atoms with Crippen molar-refractivity contribution in [2.75, 3.05) is 32.8 Å². The maximum absolute atomic E-state index is 12.5. The van der Waals surface area contributed by atoms with Gasteiger partial charge in [-0.25, -0.2) is 0 Å². The summed E-state index contributed by atoms with van der Waals surface area (Å²) in [4.78, 5) is 31.8. The van der Waals surface area contributed by atoms with Crippen LogP contribution < -0.4 is 0 Å². The molecule has 2 amide bonds. The Morgan fingerprint density at radius 1 is 1.32 bits per heavy atom. The molecule has 6 heteroatoms. The Hall–Kier alpha value is -1.82. The number of ether oxygens (including phenoxy) is 1. The van der Waals surface area contributed by atoms with Crippen molar-refractivity contribution in [3.63, 3.8) is 0 Å². The van der Waals surface area contributed by atoms with E-state index in [1.165, 1.54) is 0 Å². The number of H-pyrrole nitrogens is 1. The summed E-state index contributed by atoms with van der Waals surface area (Å²) in [6.07, 6.45) is 7.73. The van der Waals surface area contributed by atoms with Gasteiger partial charge in [-0.05, 0) is 49.7 Å². The molecule has 4 rings (SSSR count). The fourth-order valence-electron chi connectivity index (χ4n) is 4.53. The Morgan fingerprint density at radius 3 is 2.84 bits per heavy atom. The average molecular weight is 345 g/mol. The Labute approximate surface area is 148 Å². The van der Waals surface area contributed by atoms with Gasteiger partial charge in [0.25, 0.3) is 5.91 Å². The highest BCUT2D eigenvalue weighted by atomic mass is 16.5. The predicted molar refractivity (Wildman–Crippen MR) is 93.2 cm³/mol. The van der Waals surface area contributed by atoms with Crippen molar-refractivity contribution in [2.24, 2.45) is 5.41 Å². The minimum atomic E-state index is 0.0861. The Morgan fingerprint density at radius 2 is 2.16 bits per heavy atom. The molecule has 1 spiro atoms. The van der Waals surface area contributed by atoms with Crippen molar-refractivity contribution in [2.45, 2.75) is 44.6 Å². The number of hydrogen-bond donors (Lipinski definition) is 1. The number of hydrogen-bond acceptors (Lipinski definition) is 3. The van der Waals surface area contributed by atoms with Gasteiger partial charge >= 0.3 is 0 Å². The third-order valence-corrected chi connectivity index (χ3v) is 6.14. The number of nitrogens with zero attached hydrogens (tertiary/aromatic N) is 2. The standard InChI is InChI=1S/C19H27N3O3/c23-17-5-6-19(14-22(17)13-15-3-2-12-25-15)7-10-21(11-8-19)18(24)16-4-1-9-20-16/h1,4,9,15,20H,2-3,5-8,10-14H2. The van der Waals surface area contributed by atoms with Gasteiger partial charge in [-0.3, -0.25) is 9.59 Å². The topological polar surface area (TPSA) is 65.6 Å². The van der Waals surface area contributed by atoms with Crippen LogP contribution in [0.15, 0.2) is 18.3 Å². The van der Waals surface area contributed by atoms with Gasteiger partial charge in [-0.1, -0.05) is 0 Å². The first-order chi connectivity index (χ1) is 12.2. The van der Waals surface area contributed by atoms with Crippen molar-refractivity contribution in [1.82, 2.24) is 14.8 Å². The van der Waals surface area contributed by atoms with Crippen molar-refractivity contribution in [3.8, 4) is 0 Å². The van der Waals surface area contributed by atoms with Gasteiger partial charge in [0.05, 0.1) is 6.10 Å². The van der Waals surface area contributed by atoms with Crippen LogP contribution in [0.2, 0.25) is 0 Å². The van der Waals surface area contributed by atoms with Crippen LogP contribution in [0.5, 0.6) is 0 Å². The Bertz CT molecular complexity index is 614. The molecule has 0 aromatic carbocycles. The molecular formula is C19H27N3O3. The molecule has 1 N–H and O–H groups in total. The lowest BCUT2D eigenvalue weighted by Gasteiger charge is -2.47. The molecule has 0 radical (unpaired) electrons. The lowest BCUT2D eigenvalue weighted by Crippen LogP contribution is -2.53. The second-order valence-corrected chi connectivity index (χ2v) is 7.79. The SMILES string of the molecule is O=C1CCC2(CCN(C(=O)c3ccc[nH]3)CC2)CN1CC1CCCO1. The first kappa shape index (κ1) is 16.6. The third kappa shape index (κ3) is 3.45. The quantitative estimate of drug-likeness (QED) is 0.912.